The first-order valence-electron chi connectivity index (χ1n) is 12.8. The zero-order chi connectivity index (χ0) is 25.9. The fraction of sp³-hybridized carbons (Fsp3) is 0.448. The Kier molecular flexibility index (Phi) is 7.57. The lowest BCUT2D eigenvalue weighted by Gasteiger charge is -2.35. The summed E-state index contributed by atoms with van der Waals surface area (Å²) in [4.78, 5) is 56.9. The van der Waals surface area contributed by atoms with E-state index in [2.05, 4.69) is 0 Å². The molecule has 0 spiro atoms. The Morgan fingerprint density at radius 1 is 0.917 bits per heavy atom. The van der Waals surface area contributed by atoms with Gasteiger partial charge in [0.2, 0.25) is 23.6 Å². The molecule has 0 bridgehead atoms. The standard InChI is InChI=1S/C29H35N3O4/c1-4-31(5-2)27(35)23-15-17-32(18-16-23)26(34)20-29(19-25(33)30(3)28(29)36)24-13-11-22(12-14-24)21-9-7-6-8-10-21/h6-14,23H,4-5,15-20H2,1-3H3/t29-/m1/s1. The van der Waals surface area contributed by atoms with Crippen molar-refractivity contribution < 1.29 is 19.2 Å². The number of imide groups is 1. The Morgan fingerprint density at radius 3 is 2.03 bits per heavy atom. The van der Waals surface area contributed by atoms with Crippen molar-refractivity contribution in [1.29, 1.82) is 0 Å². The van der Waals surface area contributed by atoms with E-state index >= 15 is 0 Å². The fourth-order valence-corrected chi connectivity index (χ4v) is 5.50. The third kappa shape index (κ3) is 4.79. The zero-order valence-corrected chi connectivity index (χ0v) is 21.4. The summed E-state index contributed by atoms with van der Waals surface area (Å²) in [5, 5.41) is 0. The molecule has 2 aromatic carbocycles. The highest BCUT2D eigenvalue weighted by Gasteiger charge is 2.53. The maximum atomic E-state index is 13.5. The van der Waals surface area contributed by atoms with E-state index in [0.29, 0.717) is 44.6 Å². The molecule has 4 amide bonds. The molecule has 0 saturated carbocycles. The molecule has 2 fully saturated rings. The second-order valence-electron chi connectivity index (χ2n) is 9.80. The van der Waals surface area contributed by atoms with E-state index in [1.807, 2.05) is 73.3 Å². The Hall–Kier alpha value is -3.48. The highest BCUT2D eigenvalue weighted by molar-refractivity contribution is 6.10. The van der Waals surface area contributed by atoms with Crippen LogP contribution in [0, 0.1) is 5.92 Å². The molecule has 1 atom stereocenters. The zero-order valence-electron chi connectivity index (χ0n) is 21.4. The van der Waals surface area contributed by atoms with Gasteiger partial charge in [-0.15, -0.1) is 0 Å². The van der Waals surface area contributed by atoms with Crippen molar-refractivity contribution in [2.75, 3.05) is 33.2 Å². The van der Waals surface area contributed by atoms with E-state index in [9.17, 15) is 19.2 Å². The van der Waals surface area contributed by atoms with E-state index in [4.69, 9.17) is 0 Å². The molecule has 36 heavy (non-hydrogen) atoms. The minimum Gasteiger partial charge on any atom is -0.343 e. The van der Waals surface area contributed by atoms with E-state index < -0.39 is 5.41 Å². The molecule has 190 valence electrons. The second-order valence-corrected chi connectivity index (χ2v) is 9.80. The summed E-state index contributed by atoms with van der Waals surface area (Å²) in [5.74, 6) is -0.676. The van der Waals surface area contributed by atoms with Crippen molar-refractivity contribution in [2.45, 2.75) is 44.9 Å². The van der Waals surface area contributed by atoms with Crippen LogP contribution < -0.4 is 0 Å². The van der Waals surface area contributed by atoms with Gasteiger partial charge in [-0.05, 0) is 43.4 Å². The smallest absolute Gasteiger partial charge is 0.240 e. The van der Waals surface area contributed by atoms with Crippen LogP contribution in [-0.4, -0.2) is 71.6 Å². The lowest BCUT2D eigenvalue weighted by Crippen LogP contribution is -2.47. The summed E-state index contributed by atoms with van der Waals surface area (Å²) in [6.07, 6.45) is 1.16. The summed E-state index contributed by atoms with van der Waals surface area (Å²) in [5.41, 5.74) is 1.55. The van der Waals surface area contributed by atoms with Gasteiger partial charge >= 0.3 is 0 Å². The molecule has 0 radical (unpaired) electrons. The molecule has 2 aliphatic rings. The predicted molar refractivity (Wildman–Crippen MR) is 138 cm³/mol. The summed E-state index contributed by atoms with van der Waals surface area (Å²) >= 11 is 0. The number of likely N-dealkylation sites (tertiary alicyclic amines) is 2. The molecule has 2 heterocycles. The van der Waals surface area contributed by atoms with Crippen LogP contribution in [0.4, 0.5) is 0 Å². The Morgan fingerprint density at radius 2 is 1.50 bits per heavy atom. The number of nitrogens with zero attached hydrogens (tertiary/aromatic N) is 3. The number of carbonyl (C=O) groups excluding carboxylic acids is 4. The van der Waals surface area contributed by atoms with Crippen molar-refractivity contribution in [3.8, 4) is 11.1 Å². The number of likely N-dealkylation sites (N-methyl/N-ethyl adjacent to an activating group) is 1. The van der Waals surface area contributed by atoms with E-state index in [1.54, 1.807) is 4.90 Å². The van der Waals surface area contributed by atoms with Gasteiger partial charge in [0.05, 0.1) is 5.41 Å². The van der Waals surface area contributed by atoms with Crippen molar-refractivity contribution >= 4 is 23.6 Å². The van der Waals surface area contributed by atoms with Gasteiger partial charge in [-0.1, -0.05) is 54.6 Å². The van der Waals surface area contributed by atoms with E-state index in [1.165, 1.54) is 7.05 Å². The van der Waals surface area contributed by atoms with Crippen molar-refractivity contribution in [3.63, 3.8) is 0 Å². The molecular weight excluding hydrogens is 454 g/mol. The SMILES string of the molecule is CCN(CC)C(=O)C1CCN(C(=O)C[C@@]2(c3ccc(-c4ccccc4)cc3)CC(=O)N(C)C2=O)CC1. The maximum absolute atomic E-state index is 13.5. The average Bonchev–Trinajstić information content (AvgIpc) is 3.13. The van der Waals surface area contributed by atoms with Crippen LogP contribution in [0.3, 0.4) is 0 Å². The average molecular weight is 490 g/mol. The lowest BCUT2D eigenvalue weighted by molar-refractivity contribution is -0.143. The topological polar surface area (TPSA) is 78.0 Å². The van der Waals surface area contributed by atoms with Crippen LogP contribution in [0.5, 0.6) is 0 Å². The first-order valence-corrected chi connectivity index (χ1v) is 12.8. The fourth-order valence-electron chi connectivity index (χ4n) is 5.50. The Labute approximate surface area is 213 Å². The lowest BCUT2D eigenvalue weighted by atomic mass is 9.75. The molecule has 0 aliphatic carbocycles. The first kappa shape index (κ1) is 25.6. The van der Waals surface area contributed by atoms with Crippen LogP contribution >= 0.6 is 0 Å². The monoisotopic (exact) mass is 489 g/mol. The van der Waals surface area contributed by atoms with Gasteiger partial charge in [0, 0.05) is 52.0 Å². The first-order chi connectivity index (χ1) is 17.3. The van der Waals surface area contributed by atoms with Crippen LogP contribution in [0.15, 0.2) is 54.6 Å². The minimum atomic E-state index is -1.20. The molecule has 0 unspecified atom stereocenters. The molecule has 0 N–H and O–H groups in total. The Bertz CT molecular complexity index is 1120. The van der Waals surface area contributed by atoms with Gasteiger partial charge in [0.15, 0.2) is 0 Å². The van der Waals surface area contributed by atoms with Crippen molar-refractivity contribution in [2.24, 2.45) is 5.92 Å². The number of hydrogen-bond donors (Lipinski definition) is 0. The third-order valence-electron chi connectivity index (χ3n) is 7.81. The molecule has 7 nitrogen and oxygen atoms in total. The number of carbonyl (C=O) groups is 4. The van der Waals surface area contributed by atoms with Gasteiger partial charge in [0.25, 0.3) is 0 Å². The van der Waals surface area contributed by atoms with Gasteiger partial charge in [0.1, 0.15) is 0 Å². The molecule has 4 rings (SSSR count). The summed E-state index contributed by atoms with van der Waals surface area (Å²) < 4.78 is 0. The number of benzene rings is 2. The predicted octanol–water partition coefficient (Wildman–Crippen LogP) is 3.48. The number of rotatable bonds is 7. The summed E-state index contributed by atoms with van der Waals surface area (Å²) in [6, 6.07) is 17.5. The second kappa shape index (κ2) is 10.6. The molecule has 2 saturated heterocycles. The van der Waals surface area contributed by atoms with Gasteiger partial charge in [-0.3, -0.25) is 24.1 Å². The van der Waals surface area contributed by atoms with Crippen LogP contribution in [-0.2, 0) is 24.6 Å². The molecule has 2 aliphatic heterocycles. The van der Waals surface area contributed by atoms with Gasteiger partial charge in [-0.2, -0.15) is 0 Å². The number of amides is 4. The van der Waals surface area contributed by atoms with Gasteiger partial charge < -0.3 is 9.80 Å². The van der Waals surface area contributed by atoms with Gasteiger partial charge in [-0.25, -0.2) is 0 Å². The molecule has 2 aromatic rings. The van der Waals surface area contributed by atoms with E-state index in [0.717, 1.165) is 16.0 Å². The highest BCUT2D eigenvalue weighted by Crippen LogP contribution is 2.40. The molecule has 7 heteroatoms. The summed E-state index contributed by atoms with van der Waals surface area (Å²) in [7, 11) is 1.49. The summed E-state index contributed by atoms with van der Waals surface area (Å²) in [6.45, 7) is 6.29. The van der Waals surface area contributed by atoms with Crippen LogP contribution in [0.1, 0.15) is 45.1 Å². The molecule has 0 aromatic heterocycles. The normalized spacial score (nSPS) is 20.6. The Balaban J connectivity index is 1.52. The number of piperidine rings is 1. The van der Waals surface area contributed by atoms with Crippen LogP contribution in [0.25, 0.3) is 11.1 Å². The molecular formula is C29H35N3O4. The minimum absolute atomic E-state index is 0.0182. The number of hydrogen-bond acceptors (Lipinski definition) is 4. The largest absolute Gasteiger partial charge is 0.343 e. The van der Waals surface area contributed by atoms with Crippen molar-refractivity contribution in [3.05, 3.63) is 60.2 Å². The highest BCUT2D eigenvalue weighted by atomic mass is 16.2. The third-order valence-corrected chi connectivity index (χ3v) is 7.81. The quantitative estimate of drug-likeness (QED) is 0.558. The van der Waals surface area contributed by atoms with Crippen molar-refractivity contribution in [1.82, 2.24) is 14.7 Å². The van der Waals surface area contributed by atoms with E-state index in [-0.39, 0.29) is 42.4 Å². The van der Waals surface area contributed by atoms with Crippen LogP contribution in [0.2, 0.25) is 0 Å². The maximum Gasteiger partial charge on any atom is 0.240 e.